The maximum absolute atomic E-state index is 12.1. The minimum absolute atomic E-state index is 0.0259. The predicted molar refractivity (Wildman–Crippen MR) is 78.4 cm³/mol. The highest BCUT2D eigenvalue weighted by Gasteiger charge is 2.18. The van der Waals surface area contributed by atoms with Gasteiger partial charge in [-0.25, -0.2) is 18.1 Å². The molecule has 0 radical (unpaired) electrons. The molecule has 3 N–H and O–H groups in total. The van der Waals surface area contributed by atoms with Crippen LogP contribution in [-0.2, 0) is 23.5 Å². The van der Waals surface area contributed by atoms with Crippen molar-refractivity contribution in [2.24, 2.45) is 7.05 Å². The lowest BCUT2D eigenvalue weighted by molar-refractivity contribution is 0.581. The fraction of sp³-hybridized carbons (Fsp3) is 0.273. The van der Waals surface area contributed by atoms with E-state index in [1.807, 2.05) is 13.2 Å². The first-order chi connectivity index (χ1) is 9.38. The second kappa shape index (κ2) is 5.90. The molecule has 108 valence electrons. The lowest BCUT2D eigenvalue weighted by atomic mass is 10.3. The number of hydrogen-bond donors (Lipinski definition) is 2. The van der Waals surface area contributed by atoms with E-state index in [-0.39, 0.29) is 17.3 Å². The summed E-state index contributed by atoms with van der Waals surface area (Å²) in [6.07, 6.45) is 5.53. The molecular weight excluding hydrogens is 346 g/mol. The van der Waals surface area contributed by atoms with Crippen molar-refractivity contribution in [1.82, 2.24) is 19.5 Å². The molecule has 0 fully saturated rings. The highest BCUT2D eigenvalue weighted by molar-refractivity contribution is 9.10. The van der Waals surface area contributed by atoms with E-state index in [9.17, 15) is 8.42 Å². The quantitative estimate of drug-likeness (QED) is 0.816. The molecule has 9 heteroatoms. The van der Waals surface area contributed by atoms with Crippen LogP contribution in [0, 0.1) is 0 Å². The van der Waals surface area contributed by atoms with E-state index in [2.05, 4.69) is 30.7 Å². The van der Waals surface area contributed by atoms with Crippen LogP contribution in [0.15, 0.2) is 34.0 Å². The van der Waals surface area contributed by atoms with Gasteiger partial charge in [0.15, 0.2) is 0 Å². The van der Waals surface area contributed by atoms with Gasteiger partial charge in [-0.05, 0) is 34.0 Å². The Labute approximate surface area is 125 Å². The average molecular weight is 360 g/mol. The molecule has 0 saturated heterocycles. The molecule has 0 bridgehead atoms. The van der Waals surface area contributed by atoms with Crippen molar-refractivity contribution < 1.29 is 8.42 Å². The Bertz CT molecular complexity index is 713. The Morgan fingerprint density at radius 2 is 2.20 bits per heavy atom. The number of aryl methyl sites for hydroxylation is 1. The van der Waals surface area contributed by atoms with Crippen LogP contribution >= 0.6 is 15.9 Å². The molecule has 0 aliphatic heterocycles. The molecule has 0 aliphatic rings. The molecule has 0 aliphatic carbocycles. The van der Waals surface area contributed by atoms with Crippen LogP contribution in [0.4, 0.5) is 5.82 Å². The van der Waals surface area contributed by atoms with Crippen LogP contribution in [0.25, 0.3) is 0 Å². The third-order valence-corrected chi connectivity index (χ3v) is 4.53. The van der Waals surface area contributed by atoms with Crippen LogP contribution in [0.5, 0.6) is 0 Å². The number of sulfonamides is 1. The van der Waals surface area contributed by atoms with Gasteiger partial charge in [0.1, 0.15) is 10.7 Å². The summed E-state index contributed by atoms with van der Waals surface area (Å²) in [6, 6.07) is 1.43. The van der Waals surface area contributed by atoms with Gasteiger partial charge in [-0.1, -0.05) is 0 Å². The van der Waals surface area contributed by atoms with E-state index in [4.69, 9.17) is 5.73 Å². The number of rotatable bonds is 5. The van der Waals surface area contributed by atoms with Crippen LogP contribution in [0.2, 0.25) is 0 Å². The minimum atomic E-state index is -3.67. The number of aromatic nitrogens is 3. The number of pyridine rings is 1. The largest absolute Gasteiger partial charge is 0.383 e. The van der Waals surface area contributed by atoms with Crippen molar-refractivity contribution in [2.75, 3.05) is 12.3 Å². The van der Waals surface area contributed by atoms with E-state index in [1.165, 1.54) is 12.3 Å². The van der Waals surface area contributed by atoms with E-state index in [1.54, 1.807) is 10.9 Å². The van der Waals surface area contributed by atoms with Gasteiger partial charge in [0.2, 0.25) is 10.0 Å². The topological polar surface area (TPSA) is 103 Å². The van der Waals surface area contributed by atoms with Gasteiger partial charge in [0, 0.05) is 30.5 Å². The molecule has 0 aromatic carbocycles. The number of nitrogens with zero attached hydrogens (tertiary/aromatic N) is 3. The molecule has 7 nitrogen and oxygen atoms in total. The monoisotopic (exact) mass is 359 g/mol. The van der Waals surface area contributed by atoms with Gasteiger partial charge < -0.3 is 5.73 Å². The summed E-state index contributed by atoms with van der Waals surface area (Å²) in [4.78, 5) is 3.78. The SMILES string of the molecule is Cn1cc(CCNS(=O)(=O)c2cc(Br)cnc2N)cn1. The van der Waals surface area contributed by atoms with Crippen LogP contribution in [-0.4, -0.2) is 29.7 Å². The Kier molecular flexibility index (Phi) is 4.41. The maximum Gasteiger partial charge on any atom is 0.244 e. The number of nitrogens with one attached hydrogen (secondary N) is 1. The molecule has 2 aromatic rings. The van der Waals surface area contributed by atoms with Gasteiger partial charge >= 0.3 is 0 Å². The summed E-state index contributed by atoms with van der Waals surface area (Å²) < 4.78 is 29.0. The zero-order valence-electron chi connectivity index (χ0n) is 10.7. The molecule has 0 saturated carbocycles. The minimum Gasteiger partial charge on any atom is -0.383 e. The number of hydrogen-bond acceptors (Lipinski definition) is 5. The lowest BCUT2D eigenvalue weighted by Crippen LogP contribution is -2.27. The Balaban J connectivity index is 2.06. The van der Waals surface area contributed by atoms with E-state index in [0.29, 0.717) is 10.9 Å². The summed E-state index contributed by atoms with van der Waals surface area (Å²) in [5, 5.41) is 4.02. The third kappa shape index (κ3) is 3.56. The lowest BCUT2D eigenvalue weighted by Gasteiger charge is -2.08. The number of nitrogens with two attached hydrogens (primary N) is 1. The average Bonchev–Trinajstić information content (AvgIpc) is 2.78. The van der Waals surface area contributed by atoms with Gasteiger partial charge in [-0.2, -0.15) is 5.10 Å². The summed E-state index contributed by atoms with van der Waals surface area (Å²) in [5.74, 6) is -0.0259. The van der Waals surface area contributed by atoms with Crippen LogP contribution < -0.4 is 10.5 Å². The van der Waals surface area contributed by atoms with Crippen LogP contribution in [0.3, 0.4) is 0 Å². The first-order valence-corrected chi connectivity index (χ1v) is 8.04. The van der Waals surface area contributed by atoms with E-state index < -0.39 is 10.0 Å². The highest BCUT2D eigenvalue weighted by Crippen LogP contribution is 2.20. The number of halogens is 1. The van der Waals surface area contributed by atoms with Gasteiger partial charge in [0.25, 0.3) is 0 Å². The summed E-state index contributed by atoms with van der Waals surface area (Å²) in [6.45, 7) is 0.264. The zero-order valence-corrected chi connectivity index (χ0v) is 13.1. The zero-order chi connectivity index (χ0) is 14.8. The molecule has 2 rings (SSSR count). The van der Waals surface area contributed by atoms with Crippen molar-refractivity contribution in [2.45, 2.75) is 11.3 Å². The van der Waals surface area contributed by atoms with Crippen molar-refractivity contribution in [3.63, 3.8) is 0 Å². The van der Waals surface area contributed by atoms with Crippen LogP contribution in [0.1, 0.15) is 5.56 Å². The normalized spacial score (nSPS) is 11.7. The molecule has 2 aromatic heterocycles. The standard InChI is InChI=1S/C11H14BrN5O2S/c1-17-7-8(5-15-17)2-3-16-20(18,19)10-4-9(12)6-14-11(10)13/h4-7,16H,2-3H2,1H3,(H2,13,14). The molecule has 0 amide bonds. The first kappa shape index (κ1) is 14.9. The third-order valence-electron chi connectivity index (χ3n) is 2.60. The highest BCUT2D eigenvalue weighted by atomic mass is 79.9. The Morgan fingerprint density at radius 1 is 1.45 bits per heavy atom. The maximum atomic E-state index is 12.1. The molecule has 2 heterocycles. The molecular formula is C11H14BrN5O2S. The number of anilines is 1. The number of nitrogen functional groups attached to an aromatic ring is 1. The van der Waals surface area contributed by atoms with Gasteiger partial charge in [-0.15, -0.1) is 0 Å². The predicted octanol–water partition coefficient (Wildman–Crippen LogP) is 0.681. The summed E-state index contributed by atoms with van der Waals surface area (Å²) >= 11 is 3.18. The fourth-order valence-corrected chi connectivity index (χ4v) is 3.27. The van der Waals surface area contributed by atoms with Crippen molar-refractivity contribution >= 4 is 31.8 Å². The van der Waals surface area contributed by atoms with Gasteiger partial charge in [-0.3, -0.25) is 4.68 Å². The van der Waals surface area contributed by atoms with E-state index >= 15 is 0 Å². The van der Waals surface area contributed by atoms with Crippen molar-refractivity contribution in [3.05, 3.63) is 34.7 Å². The smallest absolute Gasteiger partial charge is 0.244 e. The Morgan fingerprint density at radius 3 is 2.85 bits per heavy atom. The molecule has 0 unspecified atom stereocenters. The summed E-state index contributed by atoms with van der Waals surface area (Å²) in [7, 11) is -1.86. The van der Waals surface area contributed by atoms with Crippen molar-refractivity contribution in [3.8, 4) is 0 Å². The molecule has 0 spiro atoms. The summed E-state index contributed by atoms with van der Waals surface area (Å²) in [5.41, 5.74) is 6.55. The fourth-order valence-electron chi connectivity index (χ4n) is 1.65. The Hall–Kier alpha value is -1.45. The van der Waals surface area contributed by atoms with E-state index in [0.717, 1.165) is 5.56 Å². The first-order valence-electron chi connectivity index (χ1n) is 5.77. The molecule has 0 atom stereocenters. The molecule has 20 heavy (non-hydrogen) atoms. The van der Waals surface area contributed by atoms with Gasteiger partial charge in [0.05, 0.1) is 6.20 Å². The second-order valence-corrected chi connectivity index (χ2v) is 6.86. The second-order valence-electron chi connectivity index (χ2n) is 4.21. The van der Waals surface area contributed by atoms with Crippen molar-refractivity contribution in [1.29, 1.82) is 0 Å².